The molecule has 154 valence electrons. The number of aromatic nitrogens is 2. The van der Waals surface area contributed by atoms with Crippen molar-refractivity contribution < 1.29 is 19.4 Å². The number of hydrogen-bond acceptors (Lipinski definition) is 4. The van der Waals surface area contributed by atoms with Crippen molar-refractivity contribution in [3.63, 3.8) is 0 Å². The maximum absolute atomic E-state index is 12.3. The van der Waals surface area contributed by atoms with E-state index < -0.39 is 12.1 Å². The molecule has 1 amide bonds. The van der Waals surface area contributed by atoms with E-state index in [1.54, 1.807) is 22.9 Å². The zero-order chi connectivity index (χ0) is 21.4. The van der Waals surface area contributed by atoms with Crippen molar-refractivity contribution in [3.05, 3.63) is 95.4 Å². The highest BCUT2D eigenvalue weighted by atomic mass is 16.5. The first-order valence-corrected chi connectivity index (χ1v) is 9.90. The van der Waals surface area contributed by atoms with Gasteiger partial charge in [-0.1, -0.05) is 48.5 Å². The van der Waals surface area contributed by atoms with Crippen LogP contribution in [0.4, 0.5) is 4.79 Å². The number of rotatable bonds is 5. The number of fused-ring (bicyclic) bond motifs is 4. The van der Waals surface area contributed by atoms with Gasteiger partial charge in [-0.15, -0.1) is 0 Å². The molecular formula is C24H19N3O4. The largest absolute Gasteiger partial charge is 0.478 e. The van der Waals surface area contributed by atoms with E-state index in [1.807, 2.05) is 24.3 Å². The minimum atomic E-state index is -1.05. The Morgan fingerprint density at radius 2 is 1.68 bits per heavy atom. The van der Waals surface area contributed by atoms with E-state index in [-0.39, 0.29) is 24.6 Å². The van der Waals surface area contributed by atoms with Crippen molar-refractivity contribution in [2.75, 3.05) is 6.61 Å². The van der Waals surface area contributed by atoms with Crippen LogP contribution in [-0.2, 0) is 11.3 Å². The molecule has 0 spiro atoms. The van der Waals surface area contributed by atoms with Crippen LogP contribution in [0.2, 0.25) is 0 Å². The van der Waals surface area contributed by atoms with Crippen molar-refractivity contribution >= 4 is 17.7 Å². The summed E-state index contributed by atoms with van der Waals surface area (Å²) in [6.07, 6.45) is 2.86. The number of imidazole rings is 1. The molecule has 2 heterocycles. The number of carbonyl (C=O) groups excluding carboxylic acids is 1. The van der Waals surface area contributed by atoms with E-state index in [9.17, 15) is 14.7 Å². The average molecular weight is 413 g/mol. The van der Waals surface area contributed by atoms with Crippen LogP contribution in [0.5, 0.6) is 0 Å². The summed E-state index contributed by atoms with van der Waals surface area (Å²) in [7, 11) is 0. The molecule has 0 aliphatic heterocycles. The minimum Gasteiger partial charge on any atom is -0.478 e. The number of carboxylic acid groups (broad SMARTS) is 1. The maximum atomic E-state index is 12.3. The van der Waals surface area contributed by atoms with E-state index in [2.05, 4.69) is 34.6 Å². The smallest absolute Gasteiger partial charge is 0.407 e. The number of amides is 1. The lowest BCUT2D eigenvalue weighted by Crippen LogP contribution is -2.25. The van der Waals surface area contributed by atoms with Gasteiger partial charge < -0.3 is 19.6 Å². The molecular weight excluding hydrogens is 394 g/mol. The normalized spacial score (nSPS) is 12.4. The van der Waals surface area contributed by atoms with Gasteiger partial charge in [-0.2, -0.15) is 0 Å². The number of carboxylic acids is 1. The molecule has 1 aliphatic rings. The highest BCUT2D eigenvalue weighted by Crippen LogP contribution is 2.44. The molecule has 0 atom stereocenters. The third-order valence-electron chi connectivity index (χ3n) is 5.52. The highest BCUT2D eigenvalue weighted by Gasteiger charge is 2.29. The van der Waals surface area contributed by atoms with E-state index in [4.69, 9.17) is 4.74 Å². The molecule has 7 nitrogen and oxygen atoms in total. The van der Waals surface area contributed by atoms with Crippen LogP contribution in [0.3, 0.4) is 0 Å². The molecule has 4 aromatic rings. The van der Waals surface area contributed by atoms with Gasteiger partial charge in [0, 0.05) is 18.3 Å². The number of aromatic carboxylic acids is 1. The third kappa shape index (κ3) is 3.40. The molecule has 2 aromatic carbocycles. The first-order valence-electron chi connectivity index (χ1n) is 9.90. The van der Waals surface area contributed by atoms with Crippen LogP contribution < -0.4 is 5.32 Å². The topological polar surface area (TPSA) is 92.9 Å². The summed E-state index contributed by atoms with van der Waals surface area (Å²) in [5.41, 5.74) is 5.63. The van der Waals surface area contributed by atoms with Crippen molar-refractivity contribution in [3.8, 4) is 11.1 Å². The Kier molecular flexibility index (Phi) is 4.63. The maximum Gasteiger partial charge on any atom is 0.407 e. The number of benzene rings is 2. The number of nitrogens with one attached hydrogen (secondary N) is 1. The van der Waals surface area contributed by atoms with Gasteiger partial charge in [0.2, 0.25) is 0 Å². The van der Waals surface area contributed by atoms with Crippen LogP contribution in [-0.4, -0.2) is 33.2 Å². The molecule has 2 aromatic heterocycles. The Labute approximate surface area is 177 Å². The Bertz CT molecular complexity index is 1270. The molecule has 2 N–H and O–H groups in total. The zero-order valence-corrected chi connectivity index (χ0v) is 16.5. The predicted molar refractivity (Wildman–Crippen MR) is 114 cm³/mol. The van der Waals surface area contributed by atoms with E-state index in [1.165, 1.54) is 17.2 Å². The second-order valence-corrected chi connectivity index (χ2v) is 7.37. The predicted octanol–water partition coefficient (Wildman–Crippen LogP) is 4.07. The quantitative estimate of drug-likeness (QED) is 0.514. The van der Waals surface area contributed by atoms with Crippen LogP contribution in [0, 0.1) is 0 Å². The van der Waals surface area contributed by atoms with Crippen molar-refractivity contribution in [1.29, 1.82) is 0 Å². The lowest BCUT2D eigenvalue weighted by molar-refractivity contribution is 0.0698. The fourth-order valence-electron chi connectivity index (χ4n) is 4.13. The Hall–Kier alpha value is -4.13. The summed E-state index contributed by atoms with van der Waals surface area (Å²) in [5, 5.41) is 12.0. The number of carbonyl (C=O) groups is 2. The lowest BCUT2D eigenvalue weighted by Gasteiger charge is -2.14. The fourth-order valence-corrected chi connectivity index (χ4v) is 4.13. The van der Waals surface area contributed by atoms with Gasteiger partial charge in [-0.3, -0.25) is 0 Å². The average Bonchev–Trinajstić information content (AvgIpc) is 3.35. The second-order valence-electron chi connectivity index (χ2n) is 7.37. The molecule has 0 saturated carbocycles. The Morgan fingerprint density at radius 3 is 2.35 bits per heavy atom. The molecule has 1 aliphatic carbocycles. The molecule has 5 rings (SSSR count). The molecule has 0 unspecified atom stereocenters. The molecule has 7 heteroatoms. The lowest BCUT2D eigenvalue weighted by atomic mass is 9.98. The Morgan fingerprint density at radius 1 is 1.00 bits per heavy atom. The zero-order valence-electron chi connectivity index (χ0n) is 16.5. The SMILES string of the molecule is O=C(NCc1cn2cccc(C(=O)O)c2n1)OCC1c2ccccc2-c2ccccc21. The summed E-state index contributed by atoms with van der Waals surface area (Å²) < 4.78 is 7.14. The summed E-state index contributed by atoms with van der Waals surface area (Å²) in [6.45, 7) is 0.367. The molecule has 0 bridgehead atoms. The number of pyridine rings is 1. The third-order valence-corrected chi connectivity index (χ3v) is 5.52. The summed E-state index contributed by atoms with van der Waals surface area (Å²) in [4.78, 5) is 28.0. The molecule has 0 fully saturated rings. The second kappa shape index (κ2) is 7.60. The van der Waals surface area contributed by atoms with Gasteiger partial charge in [0.15, 0.2) is 5.65 Å². The molecule has 31 heavy (non-hydrogen) atoms. The summed E-state index contributed by atoms with van der Waals surface area (Å²) >= 11 is 0. The first kappa shape index (κ1) is 18.9. The summed E-state index contributed by atoms with van der Waals surface area (Å²) in [5.74, 6) is -1.06. The fraction of sp³-hybridized carbons (Fsp3) is 0.125. The van der Waals surface area contributed by atoms with Crippen LogP contribution in [0.1, 0.15) is 33.1 Å². The summed E-state index contributed by atoms with van der Waals surface area (Å²) in [6, 6.07) is 19.4. The number of alkyl carbamates (subject to hydrolysis) is 1. The Balaban J connectivity index is 1.26. The minimum absolute atomic E-state index is 0.00790. The van der Waals surface area contributed by atoms with Crippen molar-refractivity contribution in [1.82, 2.24) is 14.7 Å². The molecule has 0 radical (unpaired) electrons. The van der Waals surface area contributed by atoms with Gasteiger partial charge >= 0.3 is 12.1 Å². The standard InChI is InChI=1S/C24H19N3O4/c28-23(29)20-10-5-11-27-13-15(26-22(20)27)12-25-24(30)31-14-21-18-8-3-1-6-16(18)17-7-2-4-9-19(17)21/h1-11,13,21H,12,14H2,(H,25,30)(H,28,29). The van der Waals surface area contributed by atoms with Gasteiger partial charge in [-0.25, -0.2) is 14.6 Å². The first-order chi connectivity index (χ1) is 15.1. The highest BCUT2D eigenvalue weighted by molar-refractivity contribution is 5.94. The number of ether oxygens (including phenoxy) is 1. The van der Waals surface area contributed by atoms with Gasteiger partial charge in [0.25, 0.3) is 0 Å². The van der Waals surface area contributed by atoms with Crippen molar-refractivity contribution in [2.24, 2.45) is 0 Å². The van der Waals surface area contributed by atoms with E-state index in [0.717, 1.165) is 11.1 Å². The van der Waals surface area contributed by atoms with Gasteiger partial charge in [0.1, 0.15) is 12.2 Å². The monoisotopic (exact) mass is 413 g/mol. The van der Waals surface area contributed by atoms with E-state index >= 15 is 0 Å². The van der Waals surface area contributed by atoms with Crippen LogP contribution in [0.15, 0.2) is 73.1 Å². The van der Waals surface area contributed by atoms with Gasteiger partial charge in [0.05, 0.1) is 12.2 Å². The van der Waals surface area contributed by atoms with Crippen molar-refractivity contribution in [2.45, 2.75) is 12.5 Å². The number of hydrogen-bond donors (Lipinski definition) is 2. The van der Waals surface area contributed by atoms with Crippen LogP contribution in [0.25, 0.3) is 16.8 Å². The van der Waals surface area contributed by atoms with Gasteiger partial charge in [-0.05, 0) is 34.4 Å². The number of nitrogens with zero attached hydrogens (tertiary/aromatic N) is 2. The molecule has 0 saturated heterocycles. The van der Waals surface area contributed by atoms with E-state index in [0.29, 0.717) is 11.3 Å². The van der Waals surface area contributed by atoms with Crippen LogP contribution >= 0.6 is 0 Å².